The number of quaternary nitrogens is 1. The average Bonchev–Trinajstić information content (AvgIpc) is 3.26. The monoisotopic (exact) mass is 931 g/mol. The molecule has 0 aliphatic carbocycles. The van der Waals surface area contributed by atoms with Crippen molar-refractivity contribution < 1.29 is 37.3 Å². The van der Waals surface area contributed by atoms with Crippen LogP contribution < -0.4 is 10.2 Å². The number of phosphoric acid groups is 1. The number of likely N-dealkylation sites (N-methyl/N-ethyl adjacent to an activating group) is 1. The molecule has 376 valence electrons. The first-order chi connectivity index (χ1) is 31.4. The van der Waals surface area contributed by atoms with E-state index >= 15 is 0 Å². The molecule has 0 aromatic rings. The minimum Gasteiger partial charge on any atom is -0.756 e. The number of carbonyl (C=O) groups excluding carboxylic acids is 2. The zero-order valence-corrected chi connectivity index (χ0v) is 43.6. The van der Waals surface area contributed by atoms with Gasteiger partial charge < -0.3 is 28.5 Å². The molecule has 0 heterocycles. The number of phosphoric ester groups is 1. The zero-order chi connectivity index (χ0) is 48.0. The number of esters is 1. The number of amides is 1. The Labute approximate surface area is 400 Å². The van der Waals surface area contributed by atoms with E-state index in [1.165, 1.54) is 64.2 Å². The van der Waals surface area contributed by atoms with Gasteiger partial charge in [-0.25, -0.2) is 0 Å². The van der Waals surface area contributed by atoms with Crippen molar-refractivity contribution in [3.8, 4) is 0 Å². The molecular formula is C55H99N2O7P. The van der Waals surface area contributed by atoms with Crippen LogP contribution in [0.15, 0.2) is 72.9 Å². The van der Waals surface area contributed by atoms with Crippen molar-refractivity contribution in [1.29, 1.82) is 0 Å². The summed E-state index contributed by atoms with van der Waals surface area (Å²) >= 11 is 0. The summed E-state index contributed by atoms with van der Waals surface area (Å²) in [4.78, 5) is 39.7. The van der Waals surface area contributed by atoms with E-state index in [-0.39, 0.29) is 24.9 Å². The van der Waals surface area contributed by atoms with Crippen molar-refractivity contribution in [3.63, 3.8) is 0 Å². The molecular weight excluding hydrogens is 832 g/mol. The summed E-state index contributed by atoms with van der Waals surface area (Å²) in [6, 6.07) is -0.902. The second-order valence-corrected chi connectivity index (χ2v) is 20.0. The van der Waals surface area contributed by atoms with Crippen molar-refractivity contribution >= 4 is 19.7 Å². The van der Waals surface area contributed by atoms with E-state index in [2.05, 4.69) is 86.8 Å². The summed E-state index contributed by atoms with van der Waals surface area (Å²) in [6.07, 6.45) is 55.8. The van der Waals surface area contributed by atoms with E-state index in [4.69, 9.17) is 13.8 Å². The number of hydrogen-bond donors (Lipinski definition) is 1. The van der Waals surface area contributed by atoms with Gasteiger partial charge in [0, 0.05) is 12.8 Å². The quantitative estimate of drug-likeness (QED) is 0.0213. The van der Waals surface area contributed by atoms with Gasteiger partial charge in [0.1, 0.15) is 19.3 Å². The van der Waals surface area contributed by atoms with E-state index < -0.39 is 26.6 Å². The van der Waals surface area contributed by atoms with Crippen LogP contribution in [0.3, 0.4) is 0 Å². The minimum absolute atomic E-state index is 0.0306. The van der Waals surface area contributed by atoms with E-state index in [0.29, 0.717) is 23.9 Å². The van der Waals surface area contributed by atoms with Gasteiger partial charge in [0.05, 0.1) is 33.8 Å². The Bertz CT molecular complexity index is 1350. The van der Waals surface area contributed by atoms with Crippen LogP contribution >= 0.6 is 7.82 Å². The van der Waals surface area contributed by atoms with Crippen LogP contribution in [0.4, 0.5) is 0 Å². The molecule has 0 aromatic carbocycles. The summed E-state index contributed by atoms with van der Waals surface area (Å²) in [5.74, 6) is -0.583. The van der Waals surface area contributed by atoms with Crippen molar-refractivity contribution in [2.75, 3.05) is 40.9 Å². The summed E-state index contributed by atoms with van der Waals surface area (Å²) < 4.78 is 30.1. The van der Waals surface area contributed by atoms with Gasteiger partial charge >= 0.3 is 5.97 Å². The van der Waals surface area contributed by atoms with E-state index in [1.54, 1.807) is 0 Å². The molecule has 1 N–H and O–H groups in total. The normalized spacial score (nSPS) is 14.5. The fourth-order valence-electron chi connectivity index (χ4n) is 7.10. The zero-order valence-electron chi connectivity index (χ0n) is 42.7. The first-order valence-electron chi connectivity index (χ1n) is 26.2. The van der Waals surface area contributed by atoms with E-state index in [9.17, 15) is 19.0 Å². The maximum Gasteiger partial charge on any atom is 0.306 e. The molecule has 1 amide bonds. The lowest BCUT2D eigenvalue weighted by atomic mass is 10.1. The molecule has 0 aromatic heterocycles. The van der Waals surface area contributed by atoms with Gasteiger partial charge in [0.25, 0.3) is 7.82 Å². The SMILES string of the molecule is CC/C=C/C/C=C/C/C=C/CCCCCCC(=O)OC(/C=C/CCCCCCCCCCC)C(COP(=O)([O-])OCC[N+](C)(C)C)NC(=O)CCCCCCCCC/C=C/C/C=C/CC. The number of hydrogen-bond acceptors (Lipinski definition) is 7. The molecule has 0 spiro atoms. The summed E-state index contributed by atoms with van der Waals surface area (Å²) in [7, 11) is 1.15. The molecule has 0 aliphatic rings. The first-order valence-corrected chi connectivity index (χ1v) is 27.7. The number of rotatable bonds is 46. The lowest BCUT2D eigenvalue weighted by molar-refractivity contribution is -0.870. The van der Waals surface area contributed by atoms with Crippen LogP contribution in [-0.2, 0) is 27.9 Å². The Morgan fingerprint density at radius 3 is 1.48 bits per heavy atom. The third-order valence-electron chi connectivity index (χ3n) is 11.1. The predicted molar refractivity (Wildman–Crippen MR) is 275 cm³/mol. The van der Waals surface area contributed by atoms with Gasteiger partial charge in [-0.2, -0.15) is 0 Å². The van der Waals surface area contributed by atoms with Crippen molar-refractivity contribution in [3.05, 3.63) is 72.9 Å². The molecule has 3 unspecified atom stereocenters. The smallest absolute Gasteiger partial charge is 0.306 e. The van der Waals surface area contributed by atoms with Gasteiger partial charge in [0.15, 0.2) is 0 Å². The Morgan fingerprint density at radius 1 is 0.554 bits per heavy atom. The maximum absolute atomic E-state index is 13.4. The van der Waals surface area contributed by atoms with Gasteiger partial charge in [-0.3, -0.25) is 14.2 Å². The molecule has 10 heteroatoms. The third kappa shape index (κ3) is 46.4. The number of unbranched alkanes of at least 4 members (excludes halogenated alkanes) is 20. The highest BCUT2D eigenvalue weighted by Crippen LogP contribution is 2.38. The van der Waals surface area contributed by atoms with Crippen molar-refractivity contribution in [1.82, 2.24) is 5.32 Å². The largest absolute Gasteiger partial charge is 0.756 e. The second kappa shape index (κ2) is 45.2. The van der Waals surface area contributed by atoms with Crippen LogP contribution in [0.25, 0.3) is 0 Å². The molecule has 65 heavy (non-hydrogen) atoms. The maximum atomic E-state index is 13.4. The standard InChI is InChI=1S/C55H99N2O7P/c1-7-10-13-16-19-22-25-27-29-32-35-38-41-44-47-54(58)56-52(51-63-65(60,61)62-50-49-57(4,5)6)53(46-43-40-37-34-31-24-21-18-15-12-9-3)64-55(59)48-45-42-39-36-33-30-28-26-23-20-17-14-11-8-2/h10-11,13-14,19-20,22-23,28,30,43,46,52-53H,7-9,12,15-18,21,24-27,29,31-42,44-45,47-51H2,1-6H3,(H-,56,58,60,61)/b13-10+,14-11+,22-19+,23-20+,30-28+,46-43+. The van der Waals surface area contributed by atoms with Gasteiger partial charge in [-0.05, 0) is 89.5 Å². The van der Waals surface area contributed by atoms with Gasteiger partial charge in [-0.1, -0.05) is 184 Å². The highest BCUT2D eigenvalue weighted by molar-refractivity contribution is 7.45. The summed E-state index contributed by atoms with van der Waals surface area (Å²) in [5, 5.41) is 3.00. The van der Waals surface area contributed by atoms with Crippen molar-refractivity contribution in [2.24, 2.45) is 0 Å². The number of ether oxygens (including phenoxy) is 1. The highest BCUT2D eigenvalue weighted by atomic mass is 31.2. The Hall–Kier alpha value is -2.55. The van der Waals surface area contributed by atoms with Crippen LogP contribution in [0, 0.1) is 0 Å². The molecule has 0 bridgehead atoms. The molecule has 0 saturated heterocycles. The molecule has 0 rings (SSSR count). The first kappa shape index (κ1) is 62.4. The minimum atomic E-state index is -4.70. The van der Waals surface area contributed by atoms with Gasteiger partial charge in [-0.15, -0.1) is 0 Å². The Morgan fingerprint density at radius 2 is 0.985 bits per heavy atom. The molecule has 9 nitrogen and oxygen atoms in total. The van der Waals surface area contributed by atoms with Crippen LogP contribution in [-0.4, -0.2) is 69.4 Å². The fraction of sp³-hybridized carbons (Fsp3) is 0.745. The number of allylic oxidation sites excluding steroid dienone is 11. The number of carbonyl (C=O) groups is 2. The lowest BCUT2D eigenvalue weighted by Gasteiger charge is -2.30. The second-order valence-electron chi connectivity index (χ2n) is 18.6. The topological polar surface area (TPSA) is 114 Å². The fourth-order valence-corrected chi connectivity index (χ4v) is 7.82. The Balaban J connectivity index is 5.45. The molecule has 0 saturated carbocycles. The Kier molecular flexibility index (Phi) is 43.5. The van der Waals surface area contributed by atoms with Crippen LogP contribution in [0.1, 0.15) is 213 Å². The van der Waals surface area contributed by atoms with Crippen LogP contribution in [0.5, 0.6) is 0 Å². The summed E-state index contributed by atoms with van der Waals surface area (Å²) in [5.41, 5.74) is 0. The van der Waals surface area contributed by atoms with E-state index in [0.717, 1.165) is 109 Å². The summed E-state index contributed by atoms with van der Waals surface area (Å²) in [6.45, 7) is 6.57. The van der Waals surface area contributed by atoms with E-state index in [1.807, 2.05) is 33.3 Å². The highest BCUT2D eigenvalue weighted by Gasteiger charge is 2.27. The number of nitrogens with one attached hydrogen (secondary N) is 1. The molecule has 0 radical (unpaired) electrons. The molecule has 0 fully saturated rings. The molecule has 3 atom stereocenters. The third-order valence-corrected chi connectivity index (χ3v) is 12.1. The lowest BCUT2D eigenvalue weighted by Crippen LogP contribution is -2.47. The van der Waals surface area contributed by atoms with Crippen molar-refractivity contribution in [2.45, 2.75) is 226 Å². The average molecular weight is 931 g/mol. The van der Waals surface area contributed by atoms with Crippen LogP contribution in [0.2, 0.25) is 0 Å². The number of nitrogens with zero attached hydrogens (tertiary/aromatic N) is 1. The predicted octanol–water partition coefficient (Wildman–Crippen LogP) is 14.7. The van der Waals surface area contributed by atoms with Gasteiger partial charge in [0.2, 0.25) is 5.91 Å². The molecule has 0 aliphatic heterocycles.